The fourth-order valence-corrected chi connectivity index (χ4v) is 6.05. The van der Waals surface area contributed by atoms with Crippen molar-refractivity contribution in [1.29, 1.82) is 0 Å². The molecule has 0 aromatic carbocycles. The molecule has 8 nitrogen and oxygen atoms in total. The number of pyridine rings is 2. The van der Waals surface area contributed by atoms with Gasteiger partial charge in [-0.2, -0.15) is 4.31 Å². The monoisotopic (exact) mass is 498 g/mol. The van der Waals surface area contributed by atoms with E-state index in [1.54, 1.807) is 36.3 Å². The van der Waals surface area contributed by atoms with Crippen molar-refractivity contribution in [3.05, 3.63) is 45.8 Å². The second kappa shape index (κ2) is 9.48. The van der Waals surface area contributed by atoms with E-state index in [4.69, 9.17) is 4.74 Å². The second-order valence-electron chi connectivity index (χ2n) is 7.94. The van der Waals surface area contributed by atoms with Gasteiger partial charge in [-0.15, -0.1) is 23.7 Å². The van der Waals surface area contributed by atoms with Crippen LogP contribution < -0.4 is 10.3 Å². The average molecular weight is 499 g/mol. The Morgan fingerprint density at radius 3 is 2.62 bits per heavy atom. The lowest BCUT2D eigenvalue weighted by Crippen LogP contribution is -2.52. The number of hydrogen-bond acceptors (Lipinski definition) is 7. The lowest BCUT2D eigenvalue weighted by molar-refractivity contribution is 0.123. The van der Waals surface area contributed by atoms with Gasteiger partial charge in [-0.25, -0.2) is 13.4 Å². The number of piperazine rings is 1. The summed E-state index contributed by atoms with van der Waals surface area (Å²) < 4.78 is 32.9. The predicted octanol–water partition coefficient (Wildman–Crippen LogP) is 2.56. The summed E-state index contributed by atoms with van der Waals surface area (Å²) in [6.45, 7) is 4.35. The van der Waals surface area contributed by atoms with Gasteiger partial charge in [0, 0.05) is 78.4 Å². The van der Waals surface area contributed by atoms with Crippen molar-refractivity contribution in [3.8, 4) is 17.0 Å². The number of thiophene rings is 1. The predicted molar refractivity (Wildman–Crippen MR) is 130 cm³/mol. The molecule has 3 aromatic rings. The number of nitrogens with zero attached hydrogens (tertiary/aromatic N) is 4. The molecule has 174 valence electrons. The van der Waals surface area contributed by atoms with Crippen molar-refractivity contribution in [2.45, 2.75) is 19.5 Å². The number of aryl methyl sites for hydroxylation is 1. The minimum atomic E-state index is -3.18. The number of fused-ring (bicyclic) bond motifs is 1. The molecular weight excluding hydrogens is 472 g/mol. The third kappa shape index (κ3) is 4.84. The Bertz CT molecular complexity index is 1270. The minimum Gasteiger partial charge on any atom is -0.481 e. The lowest BCUT2D eigenvalue weighted by atomic mass is 10.1. The number of hydrogen-bond donors (Lipinski definition) is 0. The maximum atomic E-state index is 12.8. The number of methoxy groups -OCH3 is 1. The van der Waals surface area contributed by atoms with E-state index in [1.807, 2.05) is 31.3 Å². The first kappa shape index (κ1) is 24.7. The van der Waals surface area contributed by atoms with Crippen LogP contribution in [0, 0.1) is 0 Å². The van der Waals surface area contributed by atoms with Crippen LogP contribution in [-0.4, -0.2) is 66.2 Å². The van der Waals surface area contributed by atoms with Crippen molar-refractivity contribution < 1.29 is 13.2 Å². The Morgan fingerprint density at radius 1 is 1.28 bits per heavy atom. The van der Waals surface area contributed by atoms with E-state index in [9.17, 15) is 13.2 Å². The first-order valence-electron chi connectivity index (χ1n) is 9.99. The molecule has 0 N–H and O–H groups in total. The van der Waals surface area contributed by atoms with Crippen LogP contribution in [0.25, 0.3) is 21.2 Å². The summed E-state index contributed by atoms with van der Waals surface area (Å²) in [5.74, 6) is 0.541. The van der Waals surface area contributed by atoms with Crippen LogP contribution in [0.15, 0.2) is 35.4 Å². The average Bonchev–Trinajstić information content (AvgIpc) is 3.15. The molecule has 3 aromatic heterocycles. The van der Waals surface area contributed by atoms with E-state index in [0.717, 1.165) is 20.7 Å². The Kier molecular flexibility index (Phi) is 7.31. The Morgan fingerprint density at radius 2 is 2.03 bits per heavy atom. The van der Waals surface area contributed by atoms with E-state index >= 15 is 0 Å². The Hall–Kier alpha value is -1.98. The van der Waals surface area contributed by atoms with Crippen LogP contribution in [0.5, 0.6) is 5.88 Å². The molecule has 1 unspecified atom stereocenters. The highest BCUT2D eigenvalue weighted by atomic mass is 35.5. The van der Waals surface area contributed by atoms with Crippen molar-refractivity contribution >= 4 is 43.9 Å². The molecule has 0 amide bonds. The highest BCUT2D eigenvalue weighted by Gasteiger charge is 2.29. The Labute approximate surface area is 197 Å². The zero-order valence-electron chi connectivity index (χ0n) is 18.4. The molecule has 1 aliphatic heterocycles. The van der Waals surface area contributed by atoms with Gasteiger partial charge in [0.05, 0.1) is 18.8 Å². The summed E-state index contributed by atoms with van der Waals surface area (Å²) >= 11 is 1.61. The van der Waals surface area contributed by atoms with Gasteiger partial charge in [-0.05, 0) is 19.1 Å². The molecule has 0 spiro atoms. The standard InChI is InChI=1S/C21H26N4O4S2.ClH/c1-14-11-25(31(4,27)28)8-7-24(14)12-16-9-17-20(30-16)18(13-23(2)21(17)26)15-5-6-19(29-3)22-10-15;/h5-6,9-10,13-14H,7-8,11-12H2,1-4H3;1H. The number of ether oxygens (including phenoxy) is 1. The van der Waals surface area contributed by atoms with Gasteiger partial charge in [0.25, 0.3) is 5.56 Å². The zero-order chi connectivity index (χ0) is 22.3. The van der Waals surface area contributed by atoms with E-state index in [1.165, 1.54) is 10.6 Å². The van der Waals surface area contributed by atoms with E-state index < -0.39 is 10.0 Å². The van der Waals surface area contributed by atoms with Gasteiger partial charge in [0.2, 0.25) is 15.9 Å². The van der Waals surface area contributed by atoms with Gasteiger partial charge in [-0.1, -0.05) is 0 Å². The van der Waals surface area contributed by atoms with Gasteiger partial charge >= 0.3 is 0 Å². The van der Waals surface area contributed by atoms with Crippen LogP contribution >= 0.6 is 23.7 Å². The van der Waals surface area contributed by atoms with E-state index in [-0.39, 0.29) is 24.0 Å². The highest BCUT2D eigenvalue weighted by molar-refractivity contribution is 7.88. The normalized spacial score (nSPS) is 17.9. The van der Waals surface area contributed by atoms with Crippen LogP contribution in [0.2, 0.25) is 0 Å². The maximum absolute atomic E-state index is 12.8. The molecule has 0 saturated carbocycles. The fraction of sp³-hybridized carbons (Fsp3) is 0.429. The lowest BCUT2D eigenvalue weighted by Gasteiger charge is -2.38. The first-order chi connectivity index (χ1) is 14.7. The summed E-state index contributed by atoms with van der Waals surface area (Å²) in [5.41, 5.74) is 1.85. The molecule has 1 fully saturated rings. The largest absolute Gasteiger partial charge is 0.481 e. The molecule has 11 heteroatoms. The second-order valence-corrected chi connectivity index (χ2v) is 11.1. The summed E-state index contributed by atoms with van der Waals surface area (Å²) in [7, 11) is 0.157. The minimum absolute atomic E-state index is 0. The number of aromatic nitrogens is 2. The molecule has 1 saturated heterocycles. The molecule has 0 radical (unpaired) electrons. The molecule has 4 heterocycles. The van der Waals surface area contributed by atoms with Crippen LogP contribution in [-0.2, 0) is 23.6 Å². The van der Waals surface area contributed by atoms with E-state index in [2.05, 4.69) is 9.88 Å². The quantitative estimate of drug-likeness (QED) is 0.537. The number of halogens is 1. The van der Waals surface area contributed by atoms with Gasteiger partial charge in [0.15, 0.2) is 0 Å². The molecular formula is C21H27ClN4O4S2. The smallest absolute Gasteiger partial charge is 0.259 e. The summed E-state index contributed by atoms with van der Waals surface area (Å²) in [4.78, 5) is 20.4. The molecule has 0 aliphatic carbocycles. The summed E-state index contributed by atoms with van der Waals surface area (Å²) in [6, 6.07) is 5.82. The van der Waals surface area contributed by atoms with Gasteiger partial charge in [-0.3, -0.25) is 9.69 Å². The number of sulfonamides is 1. The number of rotatable bonds is 5. The van der Waals surface area contributed by atoms with Crippen molar-refractivity contribution in [2.24, 2.45) is 7.05 Å². The van der Waals surface area contributed by atoms with Crippen molar-refractivity contribution in [3.63, 3.8) is 0 Å². The highest BCUT2D eigenvalue weighted by Crippen LogP contribution is 2.34. The Balaban J connectivity index is 0.00000289. The summed E-state index contributed by atoms with van der Waals surface area (Å²) in [5, 5.41) is 0.693. The summed E-state index contributed by atoms with van der Waals surface area (Å²) in [6.07, 6.45) is 4.86. The van der Waals surface area contributed by atoms with Crippen LogP contribution in [0.3, 0.4) is 0 Å². The molecule has 32 heavy (non-hydrogen) atoms. The first-order valence-corrected chi connectivity index (χ1v) is 12.7. The van der Waals surface area contributed by atoms with Crippen molar-refractivity contribution in [1.82, 2.24) is 18.8 Å². The third-order valence-corrected chi connectivity index (χ3v) is 8.14. The SMILES string of the molecule is COc1ccc(-c2cn(C)c(=O)c3cc(CN4CCN(S(C)(=O)=O)CC4C)sc23)cn1.Cl. The van der Waals surface area contributed by atoms with E-state index in [0.29, 0.717) is 37.4 Å². The van der Waals surface area contributed by atoms with Crippen LogP contribution in [0.1, 0.15) is 11.8 Å². The van der Waals surface area contributed by atoms with Crippen molar-refractivity contribution in [2.75, 3.05) is 33.0 Å². The molecule has 1 atom stereocenters. The van der Waals surface area contributed by atoms with Gasteiger partial charge in [0.1, 0.15) is 0 Å². The van der Waals surface area contributed by atoms with Gasteiger partial charge < -0.3 is 9.30 Å². The molecule has 0 bridgehead atoms. The maximum Gasteiger partial charge on any atom is 0.259 e. The molecule has 4 rings (SSSR count). The topological polar surface area (TPSA) is 84.7 Å². The van der Waals surface area contributed by atoms with Crippen LogP contribution in [0.4, 0.5) is 0 Å². The third-order valence-electron chi connectivity index (χ3n) is 5.71. The zero-order valence-corrected chi connectivity index (χ0v) is 20.9. The fourth-order valence-electron chi connectivity index (χ4n) is 3.94. The molecule has 1 aliphatic rings.